The van der Waals surface area contributed by atoms with E-state index >= 15 is 0 Å². The zero-order chi connectivity index (χ0) is 13.7. The lowest BCUT2D eigenvalue weighted by molar-refractivity contribution is -0.121. The van der Waals surface area contributed by atoms with Crippen LogP contribution in [0, 0.1) is 5.92 Å². The number of nitrogens with one attached hydrogen (secondary N) is 1. The molecule has 1 aromatic rings. The van der Waals surface area contributed by atoms with Gasteiger partial charge in [0.15, 0.2) is 0 Å². The Morgan fingerprint density at radius 1 is 1.47 bits per heavy atom. The molecule has 0 saturated heterocycles. The molecule has 0 aliphatic heterocycles. The van der Waals surface area contributed by atoms with Crippen LogP contribution in [0.3, 0.4) is 0 Å². The molecule has 1 saturated carbocycles. The van der Waals surface area contributed by atoms with Crippen LogP contribution < -0.4 is 5.32 Å². The Bertz CT molecular complexity index is 415. The largest absolute Gasteiger partial charge is 0.391 e. The first-order chi connectivity index (χ1) is 9.15. The third-order valence-electron chi connectivity index (χ3n) is 3.68. The number of aliphatic hydroxyl groups excluding tert-OH is 1. The van der Waals surface area contributed by atoms with Gasteiger partial charge in [-0.1, -0.05) is 24.4 Å². The zero-order valence-electron chi connectivity index (χ0n) is 10.9. The van der Waals surface area contributed by atoms with E-state index in [1.165, 1.54) is 24.2 Å². The molecule has 0 bridgehead atoms. The highest BCUT2D eigenvalue weighted by atomic mass is 35.5. The van der Waals surface area contributed by atoms with E-state index in [1.807, 2.05) is 12.1 Å². The summed E-state index contributed by atoms with van der Waals surface area (Å²) in [4.78, 5) is 12.8. The number of aliphatic hydroxyl groups is 1. The first-order valence-electron chi connectivity index (χ1n) is 6.84. The summed E-state index contributed by atoms with van der Waals surface area (Å²) in [5.74, 6) is 0.373. The fraction of sp³-hybridized carbons (Fsp3) is 0.643. The Balaban J connectivity index is 1.64. The van der Waals surface area contributed by atoms with Gasteiger partial charge in [0.05, 0.1) is 10.4 Å². The second-order valence-electron chi connectivity index (χ2n) is 5.12. The van der Waals surface area contributed by atoms with Crippen molar-refractivity contribution in [3.63, 3.8) is 0 Å². The minimum atomic E-state index is -0.386. The van der Waals surface area contributed by atoms with Crippen LogP contribution in [0.5, 0.6) is 0 Å². The van der Waals surface area contributed by atoms with E-state index in [2.05, 4.69) is 5.32 Å². The van der Waals surface area contributed by atoms with Crippen LogP contribution in [0.4, 0.5) is 0 Å². The molecular formula is C14H20ClNO2S. The Kier molecular flexibility index (Phi) is 5.67. The molecule has 106 valence electrons. The standard InChI is InChI=1S/C14H20ClNO2S/c15-13-7-5-11(19-13)6-8-14(18)16-9-12(17)10-3-1-2-4-10/h5,7,10,12,17H,1-4,6,8-9H2,(H,16,18). The lowest BCUT2D eigenvalue weighted by Gasteiger charge is -2.17. The van der Waals surface area contributed by atoms with Gasteiger partial charge in [0.2, 0.25) is 5.91 Å². The highest BCUT2D eigenvalue weighted by Crippen LogP contribution is 2.27. The quantitative estimate of drug-likeness (QED) is 0.848. The second kappa shape index (κ2) is 7.27. The summed E-state index contributed by atoms with van der Waals surface area (Å²) in [6, 6.07) is 3.80. The van der Waals surface area contributed by atoms with Gasteiger partial charge in [-0.3, -0.25) is 4.79 Å². The van der Waals surface area contributed by atoms with Crippen LogP contribution >= 0.6 is 22.9 Å². The summed E-state index contributed by atoms with van der Waals surface area (Å²) >= 11 is 7.35. The molecule has 1 aromatic heterocycles. The maximum atomic E-state index is 11.7. The minimum Gasteiger partial charge on any atom is -0.391 e. The van der Waals surface area contributed by atoms with Crippen molar-refractivity contribution in [3.05, 3.63) is 21.3 Å². The predicted molar refractivity (Wildman–Crippen MR) is 78.6 cm³/mol. The van der Waals surface area contributed by atoms with Gasteiger partial charge in [-0.15, -0.1) is 11.3 Å². The lowest BCUT2D eigenvalue weighted by atomic mass is 10.0. The van der Waals surface area contributed by atoms with E-state index in [-0.39, 0.29) is 12.0 Å². The van der Waals surface area contributed by atoms with Gasteiger partial charge >= 0.3 is 0 Å². The summed E-state index contributed by atoms with van der Waals surface area (Å²) < 4.78 is 0.757. The zero-order valence-corrected chi connectivity index (χ0v) is 12.5. The van der Waals surface area contributed by atoms with E-state index in [9.17, 15) is 9.90 Å². The van der Waals surface area contributed by atoms with E-state index in [1.54, 1.807) is 0 Å². The normalized spacial score (nSPS) is 17.6. The van der Waals surface area contributed by atoms with Gasteiger partial charge in [-0.25, -0.2) is 0 Å². The molecule has 2 N–H and O–H groups in total. The van der Waals surface area contributed by atoms with Crippen LogP contribution in [0.25, 0.3) is 0 Å². The third-order valence-corrected chi connectivity index (χ3v) is 4.97. The molecule has 1 heterocycles. The number of carbonyl (C=O) groups is 1. The van der Waals surface area contributed by atoms with Crippen LogP contribution in [0.15, 0.2) is 12.1 Å². The molecule has 0 aromatic carbocycles. The van der Waals surface area contributed by atoms with Crippen molar-refractivity contribution < 1.29 is 9.90 Å². The maximum Gasteiger partial charge on any atom is 0.220 e. The van der Waals surface area contributed by atoms with Crippen LogP contribution in [0.2, 0.25) is 4.34 Å². The smallest absolute Gasteiger partial charge is 0.220 e. The summed E-state index contributed by atoms with van der Waals surface area (Å²) in [5, 5.41) is 12.8. The molecule has 3 nitrogen and oxygen atoms in total. The molecular weight excluding hydrogens is 282 g/mol. The number of hydrogen-bond donors (Lipinski definition) is 2. The number of carbonyl (C=O) groups excluding carboxylic acids is 1. The molecule has 19 heavy (non-hydrogen) atoms. The molecule has 1 amide bonds. The Labute approximate surface area is 123 Å². The molecule has 1 atom stereocenters. The van der Waals surface area contributed by atoms with Crippen molar-refractivity contribution in [2.24, 2.45) is 5.92 Å². The lowest BCUT2D eigenvalue weighted by Crippen LogP contribution is -2.35. The number of halogens is 1. The molecule has 1 aliphatic carbocycles. The number of thiophene rings is 1. The van der Waals surface area contributed by atoms with E-state index in [0.717, 1.165) is 22.1 Å². The number of rotatable bonds is 6. The van der Waals surface area contributed by atoms with Gasteiger partial charge in [0.1, 0.15) is 0 Å². The molecule has 1 aliphatic rings. The summed E-state index contributed by atoms with van der Waals surface area (Å²) in [7, 11) is 0. The van der Waals surface area contributed by atoms with Crippen molar-refractivity contribution in [2.75, 3.05) is 6.54 Å². The Morgan fingerprint density at radius 3 is 2.84 bits per heavy atom. The summed E-state index contributed by atoms with van der Waals surface area (Å²) in [5.41, 5.74) is 0. The first-order valence-corrected chi connectivity index (χ1v) is 8.03. The predicted octanol–water partition coefficient (Wildman–Crippen LogP) is 3.00. The van der Waals surface area contributed by atoms with Crippen molar-refractivity contribution in [1.82, 2.24) is 5.32 Å². The van der Waals surface area contributed by atoms with Gasteiger partial charge in [0.25, 0.3) is 0 Å². The number of amides is 1. The average molecular weight is 302 g/mol. The minimum absolute atomic E-state index is 0.00145. The van der Waals surface area contributed by atoms with Crippen LogP contribution in [-0.2, 0) is 11.2 Å². The highest BCUT2D eigenvalue weighted by molar-refractivity contribution is 7.16. The van der Waals surface area contributed by atoms with E-state index < -0.39 is 0 Å². The molecule has 0 radical (unpaired) electrons. The average Bonchev–Trinajstić information content (AvgIpc) is 3.04. The SMILES string of the molecule is O=C(CCc1ccc(Cl)s1)NCC(O)C1CCCC1. The van der Waals surface area contributed by atoms with Crippen molar-refractivity contribution in [1.29, 1.82) is 0 Å². The Hall–Kier alpha value is -0.580. The molecule has 1 fully saturated rings. The van der Waals surface area contributed by atoms with Gasteiger partial charge in [-0.05, 0) is 37.3 Å². The molecule has 1 unspecified atom stereocenters. The number of hydrogen-bond acceptors (Lipinski definition) is 3. The van der Waals surface area contributed by atoms with Crippen LogP contribution in [0.1, 0.15) is 37.0 Å². The maximum absolute atomic E-state index is 11.7. The molecule has 2 rings (SSSR count). The van der Waals surface area contributed by atoms with Crippen LogP contribution in [-0.4, -0.2) is 23.7 Å². The van der Waals surface area contributed by atoms with Crippen molar-refractivity contribution in [3.8, 4) is 0 Å². The molecule has 5 heteroatoms. The third kappa shape index (κ3) is 4.79. The fourth-order valence-electron chi connectivity index (χ4n) is 2.54. The highest BCUT2D eigenvalue weighted by Gasteiger charge is 2.23. The van der Waals surface area contributed by atoms with Gasteiger partial charge < -0.3 is 10.4 Å². The van der Waals surface area contributed by atoms with E-state index in [4.69, 9.17) is 11.6 Å². The Morgan fingerprint density at radius 2 is 2.21 bits per heavy atom. The summed E-state index contributed by atoms with van der Waals surface area (Å²) in [6.45, 7) is 0.384. The first kappa shape index (κ1) is 14.8. The summed E-state index contributed by atoms with van der Waals surface area (Å²) in [6.07, 6.45) is 5.36. The molecule has 0 spiro atoms. The van der Waals surface area contributed by atoms with E-state index in [0.29, 0.717) is 25.3 Å². The monoisotopic (exact) mass is 301 g/mol. The second-order valence-corrected chi connectivity index (χ2v) is 6.92. The van der Waals surface area contributed by atoms with Gasteiger partial charge in [0, 0.05) is 17.8 Å². The van der Waals surface area contributed by atoms with Gasteiger partial charge in [-0.2, -0.15) is 0 Å². The topological polar surface area (TPSA) is 49.3 Å². The van der Waals surface area contributed by atoms with Crippen molar-refractivity contribution in [2.45, 2.75) is 44.6 Å². The fourth-order valence-corrected chi connectivity index (χ4v) is 3.63. The number of aryl methyl sites for hydroxylation is 1. The van der Waals surface area contributed by atoms with Crippen molar-refractivity contribution >= 4 is 28.8 Å².